The molecular formula is C20H25N3O2S. The molecule has 0 saturated carbocycles. The molecule has 1 fully saturated rings. The molecule has 0 aromatic carbocycles. The lowest BCUT2D eigenvalue weighted by atomic mass is 9.95. The van der Waals surface area contributed by atoms with Gasteiger partial charge in [0.15, 0.2) is 0 Å². The molecule has 1 saturated heterocycles. The number of carbonyl (C=O) groups excluding carboxylic acids is 1. The summed E-state index contributed by atoms with van der Waals surface area (Å²) < 4.78 is 5.48. The molecule has 0 spiro atoms. The standard InChI is InChI=1S/C20H25N3O2S/c24-20(16-14-26-19-7-2-1-5-15(16)19)22-13-18(17-6-3-4-8-21-17)23-9-11-25-12-10-23/h3-4,6,8,14,18H,1-2,5,7,9-13H2,(H,22,24). The number of aromatic nitrogens is 1. The number of nitrogens with zero attached hydrogens (tertiary/aromatic N) is 2. The molecule has 1 aliphatic carbocycles. The van der Waals surface area contributed by atoms with E-state index in [2.05, 4.69) is 15.2 Å². The van der Waals surface area contributed by atoms with Gasteiger partial charge in [0.25, 0.3) is 5.91 Å². The first kappa shape index (κ1) is 17.6. The smallest absolute Gasteiger partial charge is 0.252 e. The van der Waals surface area contributed by atoms with Crippen molar-refractivity contribution in [3.05, 3.63) is 51.5 Å². The van der Waals surface area contributed by atoms with E-state index in [1.54, 1.807) is 11.3 Å². The fraction of sp³-hybridized carbons (Fsp3) is 0.500. The Morgan fingerprint density at radius 3 is 2.92 bits per heavy atom. The zero-order valence-electron chi connectivity index (χ0n) is 14.9. The molecule has 26 heavy (non-hydrogen) atoms. The lowest BCUT2D eigenvalue weighted by Gasteiger charge is -2.34. The lowest BCUT2D eigenvalue weighted by Crippen LogP contribution is -2.44. The number of carbonyl (C=O) groups is 1. The maximum Gasteiger partial charge on any atom is 0.252 e. The van der Waals surface area contributed by atoms with Crippen LogP contribution in [0.4, 0.5) is 0 Å². The van der Waals surface area contributed by atoms with Gasteiger partial charge in [-0.15, -0.1) is 11.3 Å². The van der Waals surface area contributed by atoms with Crippen LogP contribution in [0.15, 0.2) is 29.8 Å². The van der Waals surface area contributed by atoms with Crippen LogP contribution >= 0.6 is 11.3 Å². The maximum absolute atomic E-state index is 12.8. The molecule has 2 aromatic heterocycles. The number of amides is 1. The van der Waals surface area contributed by atoms with Crippen LogP contribution in [0.2, 0.25) is 0 Å². The summed E-state index contributed by atoms with van der Waals surface area (Å²) in [6.45, 7) is 3.76. The largest absolute Gasteiger partial charge is 0.379 e. The van der Waals surface area contributed by atoms with E-state index in [1.807, 2.05) is 29.8 Å². The van der Waals surface area contributed by atoms with Gasteiger partial charge in [-0.1, -0.05) is 6.07 Å². The lowest BCUT2D eigenvalue weighted by molar-refractivity contribution is 0.0154. The number of fused-ring (bicyclic) bond motifs is 1. The number of hydrogen-bond donors (Lipinski definition) is 1. The summed E-state index contributed by atoms with van der Waals surface area (Å²) in [5, 5.41) is 5.21. The van der Waals surface area contributed by atoms with E-state index in [9.17, 15) is 4.79 Å². The first-order chi connectivity index (χ1) is 12.8. The summed E-state index contributed by atoms with van der Waals surface area (Å²) in [5.74, 6) is 0.0543. The number of thiophene rings is 1. The van der Waals surface area contributed by atoms with Gasteiger partial charge in [-0.05, 0) is 43.4 Å². The van der Waals surface area contributed by atoms with Gasteiger partial charge in [0, 0.05) is 36.1 Å². The summed E-state index contributed by atoms with van der Waals surface area (Å²) in [6, 6.07) is 6.06. The van der Waals surface area contributed by atoms with Gasteiger partial charge in [-0.2, -0.15) is 0 Å². The van der Waals surface area contributed by atoms with E-state index in [-0.39, 0.29) is 11.9 Å². The Labute approximate surface area is 158 Å². The van der Waals surface area contributed by atoms with Crippen molar-refractivity contribution in [3.63, 3.8) is 0 Å². The number of nitrogens with one attached hydrogen (secondary N) is 1. The van der Waals surface area contributed by atoms with Crippen molar-refractivity contribution in [2.75, 3.05) is 32.8 Å². The van der Waals surface area contributed by atoms with E-state index in [0.29, 0.717) is 6.54 Å². The summed E-state index contributed by atoms with van der Waals surface area (Å²) in [5.41, 5.74) is 3.16. The van der Waals surface area contributed by atoms with Crippen LogP contribution in [-0.4, -0.2) is 48.6 Å². The van der Waals surface area contributed by atoms with Crippen molar-refractivity contribution in [1.29, 1.82) is 0 Å². The Bertz CT molecular complexity index is 741. The Morgan fingerprint density at radius 1 is 1.27 bits per heavy atom. The third kappa shape index (κ3) is 3.82. The SMILES string of the molecule is O=C(NCC(c1ccccn1)N1CCOCC1)c1csc2c1CCCC2. The van der Waals surface area contributed by atoms with Gasteiger partial charge in [-0.3, -0.25) is 14.7 Å². The van der Waals surface area contributed by atoms with Crippen LogP contribution in [-0.2, 0) is 17.6 Å². The van der Waals surface area contributed by atoms with Crippen LogP contribution < -0.4 is 5.32 Å². The van der Waals surface area contributed by atoms with Crippen molar-refractivity contribution >= 4 is 17.2 Å². The molecule has 3 heterocycles. The molecule has 0 bridgehead atoms. The van der Waals surface area contributed by atoms with Gasteiger partial charge in [-0.25, -0.2) is 0 Å². The van der Waals surface area contributed by atoms with E-state index in [0.717, 1.165) is 50.4 Å². The number of morpholine rings is 1. The summed E-state index contributed by atoms with van der Waals surface area (Å²) >= 11 is 1.74. The highest BCUT2D eigenvalue weighted by Gasteiger charge is 2.25. The van der Waals surface area contributed by atoms with Crippen molar-refractivity contribution in [2.24, 2.45) is 0 Å². The third-order valence-electron chi connectivity index (χ3n) is 5.28. The number of aryl methyl sites for hydroxylation is 1. The van der Waals surface area contributed by atoms with Crippen LogP contribution in [0.25, 0.3) is 0 Å². The zero-order chi connectivity index (χ0) is 17.8. The molecule has 0 radical (unpaired) electrons. The summed E-state index contributed by atoms with van der Waals surface area (Å²) in [4.78, 5) is 21.1. The van der Waals surface area contributed by atoms with Gasteiger partial charge in [0.05, 0.1) is 30.5 Å². The maximum atomic E-state index is 12.8. The quantitative estimate of drug-likeness (QED) is 0.878. The molecule has 1 unspecified atom stereocenters. The second-order valence-corrected chi connectivity index (χ2v) is 7.85. The minimum atomic E-state index is 0.0543. The third-order valence-corrected chi connectivity index (χ3v) is 6.37. The normalized spacial score (nSPS) is 18.9. The molecule has 1 atom stereocenters. The minimum Gasteiger partial charge on any atom is -0.379 e. The van der Waals surface area contributed by atoms with Crippen molar-refractivity contribution in [1.82, 2.24) is 15.2 Å². The predicted molar refractivity (Wildman–Crippen MR) is 103 cm³/mol. The van der Waals surface area contributed by atoms with Gasteiger partial charge < -0.3 is 10.1 Å². The Balaban J connectivity index is 1.47. The second kappa shape index (κ2) is 8.29. The van der Waals surface area contributed by atoms with E-state index in [4.69, 9.17) is 4.74 Å². The molecule has 5 nitrogen and oxygen atoms in total. The highest BCUT2D eigenvalue weighted by atomic mass is 32.1. The molecule has 1 amide bonds. The van der Waals surface area contributed by atoms with Crippen LogP contribution in [0.5, 0.6) is 0 Å². The van der Waals surface area contributed by atoms with Gasteiger partial charge in [0.2, 0.25) is 0 Å². The average Bonchev–Trinajstić information content (AvgIpc) is 3.14. The molecule has 2 aliphatic rings. The van der Waals surface area contributed by atoms with Crippen LogP contribution in [0.3, 0.4) is 0 Å². The topological polar surface area (TPSA) is 54.5 Å². The molecule has 1 aliphatic heterocycles. The predicted octanol–water partition coefficient (Wildman–Crippen LogP) is 2.83. The zero-order valence-corrected chi connectivity index (χ0v) is 15.8. The molecular weight excluding hydrogens is 346 g/mol. The van der Waals surface area contributed by atoms with Gasteiger partial charge in [0.1, 0.15) is 0 Å². The highest BCUT2D eigenvalue weighted by molar-refractivity contribution is 7.10. The van der Waals surface area contributed by atoms with E-state index >= 15 is 0 Å². The molecule has 2 aromatic rings. The highest BCUT2D eigenvalue weighted by Crippen LogP contribution is 2.30. The summed E-state index contributed by atoms with van der Waals surface area (Å²) in [6.07, 6.45) is 6.41. The van der Waals surface area contributed by atoms with Gasteiger partial charge >= 0.3 is 0 Å². The van der Waals surface area contributed by atoms with Crippen molar-refractivity contribution in [2.45, 2.75) is 31.7 Å². The number of ether oxygens (including phenoxy) is 1. The van der Waals surface area contributed by atoms with Crippen molar-refractivity contribution in [3.8, 4) is 0 Å². The molecule has 1 N–H and O–H groups in total. The molecule has 138 valence electrons. The number of pyridine rings is 1. The number of hydrogen-bond acceptors (Lipinski definition) is 5. The molecule has 6 heteroatoms. The average molecular weight is 372 g/mol. The van der Waals surface area contributed by atoms with Crippen LogP contribution in [0.1, 0.15) is 45.4 Å². The van der Waals surface area contributed by atoms with E-state index in [1.165, 1.54) is 23.3 Å². The monoisotopic (exact) mass is 371 g/mol. The Kier molecular flexibility index (Phi) is 5.62. The second-order valence-electron chi connectivity index (χ2n) is 6.89. The van der Waals surface area contributed by atoms with Crippen molar-refractivity contribution < 1.29 is 9.53 Å². The Hall–Kier alpha value is -1.76. The minimum absolute atomic E-state index is 0.0543. The van der Waals surface area contributed by atoms with Crippen LogP contribution in [0, 0.1) is 0 Å². The first-order valence-electron chi connectivity index (χ1n) is 9.43. The Morgan fingerprint density at radius 2 is 2.12 bits per heavy atom. The molecule has 4 rings (SSSR count). The number of rotatable bonds is 5. The van der Waals surface area contributed by atoms with E-state index < -0.39 is 0 Å². The fourth-order valence-corrected chi connectivity index (χ4v) is 4.98. The fourth-order valence-electron chi connectivity index (χ4n) is 3.85. The summed E-state index contributed by atoms with van der Waals surface area (Å²) in [7, 11) is 0. The first-order valence-corrected chi connectivity index (χ1v) is 10.3.